The van der Waals surface area contributed by atoms with Gasteiger partial charge in [-0.25, -0.2) is 14.6 Å². The van der Waals surface area contributed by atoms with Gasteiger partial charge in [-0.3, -0.25) is 4.90 Å². The van der Waals surface area contributed by atoms with Crippen LogP contribution in [0.1, 0.15) is 73.5 Å². The topological polar surface area (TPSA) is 77.0 Å². The van der Waals surface area contributed by atoms with E-state index in [0.29, 0.717) is 18.1 Å². The fraction of sp³-hybridized carbons (Fsp3) is 0.552. The zero-order valence-electron chi connectivity index (χ0n) is 21.9. The summed E-state index contributed by atoms with van der Waals surface area (Å²) in [5.41, 5.74) is 2.55. The highest BCUT2D eigenvalue weighted by Crippen LogP contribution is 2.32. The number of likely N-dealkylation sites (tertiary alicyclic amines) is 1. The van der Waals surface area contributed by atoms with Crippen LogP contribution in [0.2, 0.25) is 0 Å². The van der Waals surface area contributed by atoms with E-state index in [4.69, 9.17) is 10.1 Å². The standard InChI is InChI=1S/C29H38N4O3S/c1-20-18-32(24-6-4-3-5-7-24)29(36)33(20)25-14-16-31(17-15-25)19-23-10-13-27(30-21(23)2)37-26-11-8-22(9-12-26)28(34)35/h8-13,20,24-25H,3-7,14-19H2,1-2H3,(H,34,35). The van der Waals surface area contributed by atoms with E-state index < -0.39 is 5.97 Å². The minimum absolute atomic E-state index is 0.281. The molecule has 1 N–H and O–H groups in total. The van der Waals surface area contributed by atoms with Crippen LogP contribution in [0.25, 0.3) is 0 Å². The Bertz CT molecular complexity index is 1110. The van der Waals surface area contributed by atoms with Gasteiger partial charge in [-0.15, -0.1) is 0 Å². The number of urea groups is 1. The number of hydrogen-bond acceptors (Lipinski definition) is 5. The molecular formula is C29H38N4O3S. The average molecular weight is 523 g/mol. The number of carbonyl (C=O) groups excluding carboxylic acids is 1. The van der Waals surface area contributed by atoms with E-state index in [1.165, 1.54) is 37.7 Å². The van der Waals surface area contributed by atoms with Gasteiger partial charge in [0.05, 0.1) is 5.56 Å². The number of aryl methyl sites for hydroxylation is 1. The molecule has 1 aromatic heterocycles. The molecule has 2 aliphatic heterocycles. The minimum Gasteiger partial charge on any atom is -0.478 e. The Hall–Kier alpha value is -2.58. The summed E-state index contributed by atoms with van der Waals surface area (Å²) in [7, 11) is 0. The van der Waals surface area contributed by atoms with Gasteiger partial charge in [-0.05, 0) is 75.4 Å². The summed E-state index contributed by atoms with van der Waals surface area (Å²) >= 11 is 1.54. The summed E-state index contributed by atoms with van der Waals surface area (Å²) < 4.78 is 0. The van der Waals surface area contributed by atoms with Crippen molar-refractivity contribution in [1.29, 1.82) is 0 Å². The van der Waals surface area contributed by atoms with Crippen LogP contribution in [-0.2, 0) is 6.54 Å². The van der Waals surface area contributed by atoms with Crippen LogP contribution in [-0.4, -0.2) is 74.6 Å². The molecule has 37 heavy (non-hydrogen) atoms. The van der Waals surface area contributed by atoms with Crippen LogP contribution in [0.15, 0.2) is 46.3 Å². The number of piperidine rings is 1. The first-order valence-corrected chi connectivity index (χ1v) is 14.5. The normalized spacial score (nSPS) is 22.1. The van der Waals surface area contributed by atoms with Crippen LogP contribution in [0.3, 0.4) is 0 Å². The first-order valence-electron chi connectivity index (χ1n) is 13.7. The highest BCUT2D eigenvalue weighted by atomic mass is 32.2. The lowest BCUT2D eigenvalue weighted by atomic mass is 9.94. The number of carbonyl (C=O) groups is 2. The van der Waals surface area contributed by atoms with Crippen molar-refractivity contribution in [2.24, 2.45) is 0 Å². The third kappa shape index (κ3) is 5.96. The van der Waals surface area contributed by atoms with Crippen molar-refractivity contribution >= 4 is 23.8 Å². The van der Waals surface area contributed by atoms with Crippen LogP contribution < -0.4 is 0 Å². The lowest BCUT2D eigenvalue weighted by Crippen LogP contribution is -2.49. The summed E-state index contributed by atoms with van der Waals surface area (Å²) in [6.07, 6.45) is 8.24. The van der Waals surface area contributed by atoms with Crippen molar-refractivity contribution < 1.29 is 14.7 Å². The van der Waals surface area contributed by atoms with E-state index in [9.17, 15) is 9.59 Å². The van der Waals surface area contributed by atoms with Gasteiger partial charge in [0.2, 0.25) is 0 Å². The van der Waals surface area contributed by atoms with Crippen molar-refractivity contribution in [3.8, 4) is 0 Å². The molecule has 0 spiro atoms. The fourth-order valence-corrected chi connectivity index (χ4v) is 7.01. The minimum atomic E-state index is -0.915. The van der Waals surface area contributed by atoms with E-state index in [2.05, 4.69) is 40.7 Å². The summed E-state index contributed by atoms with van der Waals surface area (Å²) in [5.74, 6) is -0.915. The fourth-order valence-electron chi connectivity index (χ4n) is 6.18. The van der Waals surface area contributed by atoms with E-state index in [1.807, 2.05) is 12.1 Å². The first-order chi connectivity index (χ1) is 17.9. The molecule has 3 heterocycles. The maximum atomic E-state index is 13.3. The Morgan fingerprint density at radius 3 is 2.35 bits per heavy atom. The lowest BCUT2D eigenvalue weighted by Gasteiger charge is -2.38. The molecule has 3 aliphatic rings. The molecule has 8 heteroatoms. The number of aromatic carboxylic acids is 1. The maximum absolute atomic E-state index is 13.3. The van der Waals surface area contributed by atoms with Gasteiger partial charge in [-0.2, -0.15) is 0 Å². The zero-order valence-corrected chi connectivity index (χ0v) is 22.8. The highest BCUT2D eigenvalue weighted by molar-refractivity contribution is 7.99. The average Bonchev–Trinajstić information content (AvgIpc) is 3.20. The Morgan fingerprint density at radius 1 is 1.00 bits per heavy atom. The number of hydrogen-bond donors (Lipinski definition) is 1. The molecule has 1 aliphatic carbocycles. The lowest BCUT2D eigenvalue weighted by molar-refractivity contribution is 0.0696. The monoisotopic (exact) mass is 522 g/mol. The van der Waals surface area contributed by atoms with Gasteiger partial charge in [0, 0.05) is 54.9 Å². The van der Waals surface area contributed by atoms with Crippen molar-refractivity contribution in [3.05, 3.63) is 53.2 Å². The second-order valence-corrected chi connectivity index (χ2v) is 11.9. The molecule has 1 atom stereocenters. The van der Waals surface area contributed by atoms with Crippen molar-refractivity contribution in [2.45, 2.75) is 93.4 Å². The smallest absolute Gasteiger partial charge is 0.335 e. The molecule has 1 saturated carbocycles. The van der Waals surface area contributed by atoms with Crippen LogP contribution >= 0.6 is 11.8 Å². The van der Waals surface area contributed by atoms with E-state index >= 15 is 0 Å². The second-order valence-electron chi connectivity index (χ2n) is 10.8. The predicted molar refractivity (Wildman–Crippen MR) is 145 cm³/mol. The summed E-state index contributed by atoms with van der Waals surface area (Å²) in [4.78, 5) is 37.1. The number of amides is 2. The SMILES string of the molecule is Cc1nc(Sc2ccc(C(=O)O)cc2)ccc1CN1CCC(N2C(=O)N(C3CCCCC3)CC2C)CC1. The van der Waals surface area contributed by atoms with E-state index in [0.717, 1.165) is 54.6 Å². The molecule has 2 aromatic rings. The number of pyridine rings is 1. The molecule has 1 aromatic carbocycles. The number of rotatable bonds is 7. The van der Waals surface area contributed by atoms with Crippen molar-refractivity contribution in [1.82, 2.24) is 19.7 Å². The number of carboxylic acid groups (broad SMARTS) is 1. The zero-order chi connectivity index (χ0) is 25.9. The van der Waals surface area contributed by atoms with Crippen LogP contribution in [0, 0.1) is 6.92 Å². The van der Waals surface area contributed by atoms with E-state index in [-0.39, 0.29) is 11.6 Å². The molecular weight excluding hydrogens is 484 g/mol. The Balaban J connectivity index is 1.14. The third-order valence-corrected chi connectivity index (χ3v) is 9.20. The predicted octanol–water partition coefficient (Wildman–Crippen LogP) is 5.66. The van der Waals surface area contributed by atoms with Crippen molar-refractivity contribution in [2.75, 3.05) is 19.6 Å². The summed E-state index contributed by atoms with van der Waals surface area (Å²) in [5, 5.41) is 9.99. The van der Waals surface area contributed by atoms with Gasteiger partial charge in [0.15, 0.2) is 0 Å². The van der Waals surface area contributed by atoms with Crippen LogP contribution in [0.5, 0.6) is 0 Å². The number of benzene rings is 1. The molecule has 0 bridgehead atoms. The molecule has 5 rings (SSSR count). The summed E-state index contributed by atoms with van der Waals surface area (Å²) in [6, 6.07) is 12.5. The molecule has 2 saturated heterocycles. The first kappa shape index (κ1) is 26.0. The summed E-state index contributed by atoms with van der Waals surface area (Å²) in [6.45, 7) is 8.05. The van der Waals surface area contributed by atoms with Crippen molar-refractivity contribution in [3.63, 3.8) is 0 Å². The highest BCUT2D eigenvalue weighted by Gasteiger charge is 2.42. The molecule has 3 fully saturated rings. The number of carboxylic acids is 1. The molecule has 7 nitrogen and oxygen atoms in total. The van der Waals surface area contributed by atoms with Gasteiger partial charge in [-0.1, -0.05) is 37.1 Å². The molecule has 0 radical (unpaired) electrons. The van der Waals surface area contributed by atoms with Gasteiger partial charge >= 0.3 is 12.0 Å². The van der Waals surface area contributed by atoms with Crippen LogP contribution in [0.4, 0.5) is 4.79 Å². The van der Waals surface area contributed by atoms with Gasteiger partial charge < -0.3 is 14.9 Å². The van der Waals surface area contributed by atoms with Gasteiger partial charge in [0.25, 0.3) is 0 Å². The van der Waals surface area contributed by atoms with Gasteiger partial charge in [0.1, 0.15) is 5.03 Å². The number of nitrogens with zero attached hydrogens (tertiary/aromatic N) is 4. The second kappa shape index (κ2) is 11.4. The third-order valence-electron chi connectivity index (χ3n) is 8.26. The Kier molecular flexibility index (Phi) is 8.05. The maximum Gasteiger partial charge on any atom is 0.335 e. The number of aromatic nitrogens is 1. The molecule has 1 unspecified atom stereocenters. The largest absolute Gasteiger partial charge is 0.478 e. The Morgan fingerprint density at radius 2 is 1.70 bits per heavy atom. The molecule has 2 amide bonds. The molecule has 198 valence electrons. The Labute approximate surface area is 224 Å². The quantitative estimate of drug-likeness (QED) is 0.505. The van der Waals surface area contributed by atoms with E-state index in [1.54, 1.807) is 23.9 Å².